The maximum atomic E-state index is 12.7. The minimum Gasteiger partial charge on any atom is -0.481 e. The van der Waals surface area contributed by atoms with Gasteiger partial charge in [-0.1, -0.05) is 48.0 Å². The summed E-state index contributed by atoms with van der Waals surface area (Å²) in [4.78, 5) is 14.3. The molecule has 0 bridgehead atoms. The molecular weight excluding hydrogens is 388 g/mol. The van der Waals surface area contributed by atoms with Gasteiger partial charge in [0.2, 0.25) is 10.0 Å². The molecular formula is C22H26N2O4S. The lowest BCUT2D eigenvalue weighted by Gasteiger charge is -2.34. The highest BCUT2D eigenvalue weighted by molar-refractivity contribution is 7.92. The monoisotopic (exact) mass is 414 g/mol. The van der Waals surface area contributed by atoms with Crippen LogP contribution in [0.25, 0.3) is 6.08 Å². The number of benzene rings is 2. The molecule has 1 saturated heterocycles. The van der Waals surface area contributed by atoms with Gasteiger partial charge in [-0.05, 0) is 37.6 Å². The van der Waals surface area contributed by atoms with Gasteiger partial charge in [-0.15, -0.1) is 0 Å². The van der Waals surface area contributed by atoms with Crippen molar-refractivity contribution >= 4 is 22.0 Å². The van der Waals surface area contributed by atoms with Crippen molar-refractivity contribution in [1.82, 2.24) is 9.21 Å². The maximum absolute atomic E-state index is 12.7. The zero-order chi connectivity index (χ0) is 20.9. The third-order valence-electron chi connectivity index (χ3n) is 4.82. The Morgan fingerprint density at radius 2 is 1.62 bits per heavy atom. The molecule has 6 nitrogen and oxygen atoms in total. The number of ether oxygens (including phenoxy) is 1. The molecule has 29 heavy (non-hydrogen) atoms. The van der Waals surface area contributed by atoms with Crippen molar-refractivity contribution in [2.45, 2.75) is 20.0 Å². The molecule has 0 radical (unpaired) electrons. The normalized spacial score (nSPS) is 16.7. The molecule has 1 fully saturated rings. The second-order valence-electron chi connectivity index (χ2n) is 7.06. The summed E-state index contributed by atoms with van der Waals surface area (Å²) in [6, 6.07) is 16.8. The Kier molecular flexibility index (Phi) is 6.71. The van der Waals surface area contributed by atoms with Crippen LogP contribution in [0.4, 0.5) is 0 Å². The number of amides is 1. The minimum absolute atomic E-state index is 0.137. The van der Waals surface area contributed by atoms with Gasteiger partial charge in [-0.2, -0.15) is 4.31 Å². The molecule has 0 aliphatic carbocycles. The smallest absolute Gasteiger partial charge is 0.263 e. The number of sulfonamides is 1. The van der Waals surface area contributed by atoms with Crippen molar-refractivity contribution in [1.29, 1.82) is 0 Å². The molecule has 1 unspecified atom stereocenters. The van der Waals surface area contributed by atoms with E-state index >= 15 is 0 Å². The number of aryl methyl sites for hydroxylation is 1. The van der Waals surface area contributed by atoms with E-state index in [9.17, 15) is 13.2 Å². The molecule has 1 amide bonds. The molecule has 3 rings (SSSR count). The van der Waals surface area contributed by atoms with Crippen molar-refractivity contribution in [2.24, 2.45) is 0 Å². The largest absolute Gasteiger partial charge is 0.481 e. The number of rotatable bonds is 6. The van der Waals surface area contributed by atoms with Crippen LogP contribution in [0.2, 0.25) is 0 Å². The van der Waals surface area contributed by atoms with Crippen LogP contribution in [-0.2, 0) is 14.8 Å². The molecule has 0 spiro atoms. The van der Waals surface area contributed by atoms with Gasteiger partial charge in [0.25, 0.3) is 5.91 Å². The van der Waals surface area contributed by atoms with E-state index in [0.29, 0.717) is 18.8 Å². The van der Waals surface area contributed by atoms with Crippen LogP contribution < -0.4 is 4.74 Å². The quantitative estimate of drug-likeness (QED) is 0.729. The first-order valence-electron chi connectivity index (χ1n) is 9.60. The first-order chi connectivity index (χ1) is 13.8. The third kappa shape index (κ3) is 5.68. The van der Waals surface area contributed by atoms with Gasteiger partial charge >= 0.3 is 0 Å². The van der Waals surface area contributed by atoms with Crippen LogP contribution in [-0.4, -0.2) is 55.8 Å². The van der Waals surface area contributed by atoms with Gasteiger partial charge in [0, 0.05) is 31.6 Å². The number of hydrogen-bond donors (Lipinski definition) is 0. The summed E-state index contributed by atoms with van der Waals surface area (Å²) in [5.41, 5.74) is 1.95. The molecule has 0 N–H and O–H groups in total. The summed E-state index contributed by atoms with van der Waals surface area (Å²) >= 11 is 0. The van der Waals surface area contributed by atoms with Gasteiger partial charge in [0.15, 0.2) is 6.10 Å². The van der Waals surface area contributed by atoms with E-state index in [1.54, 1.807) is 17.9 Å². The lowest BCUT2D eigenvalue weighted by molar-refractivity contribution is -0.139. The first kappa shape index (κ1) is 21.1. The number of piperazine rings is 1. The topological polar surface area (TPSA) is 66.9 Å². The lowest BCUT2D eigenvalue weighted by atomic mass is 10.2. The van der Waals surface area contributed by atoms with E-state index in [1.807, 2.05) is 61.5 Å². The summed E-state index contributed by atoms with van der Waals surface area (Å²) in [5.74, 6) is 0.506. The van der Waals surface area contributed by atoms with Crippen LogP contribution in [0.5, 0.6) is 5.75 Å². The Balaban J connectivity index is 1.54. The molecule has 7 heteroatoms. The first-order valence-corrected chi connectivity index (χ1v) is 11.1. The SMILES string of the molecule is Cc1ccc(OC(C)C(=O)N2CCN(S(=O)(=O)C=Cc3ccccc3)CC2)cc1. The number of carbonyl (C=O) groups excluding carboxylic acids is 1. The summed E-state index contributed by atoms with van der Waals surface area (Å²) < 4.78 is 32.2. The van der Waals surface area contributed by atoms with E-state index in [1.165, 1.54) is 9.71 Å². The van der Waals surface area contributed by atoms with E-state index in [4.69, 9.17) is 4.74 Å². The predicted molar refractivity (Wildman–Crippen MR) is 114 cm³/mol. The predicted octanol–water partition coefficient (Wildman–Crippen LogP) is 2.91. The van der Waals surface area contributed by atoms with Crippen molar-refractivity contribution in [3.8, 4) is 5.75 Å². The lowest BCUT2D eigenvalue weighted by Crippen LogP contribution is -2.52. The van der Waals surface area contributed by atoms with Crippen LogP contribution >= 0.6 is 0 Å². The van der Waals surface area contributed by atoms with E-state index in [0.717, 1.165) is 11.1 Å². The van der Waals surface area contributed by atoms with Crippen molar-refractivity contribution in [3.05, 3.63) is 71.1 Å². The summed E-state index contributed by atoms with van der Waals surface area (Å²) in [6.07, 6.45) is 0.962. The van der Waals surface area contributed by atoms with Gasteiger partial charge in [0.1, 0.15) is 5.75 Å². The van der Waals surface area contributed by atoms with Crippen molar-refractivity contribution < 1.29 is 17.9 Å². The Morgan fingerprint density at radius 3 is 2.24 bits per heavy atom. The minimum atomic E-state index is -3.52. The Hall–Kier alpha value is -2.64. The zero-order valence-corrected chi connectivity index (χ0v) is 17.5. The van der Waals surface area contributed by atoms with Crippen LogP contribution in [0, 0.1) is 6.92 Å². The molecule has 1 aliphatic rings. The van der Waals surface area contributed by atoms with Crippen LogP contribution in [0.3, 0.4) is 0 Å². The van der Waals surface area contributed by atoms with Gasteiger partial charge in [-0.25, -0.2) is 8.42 Å². The second-order valence-corrected chi connectivity index (χ2v) is 8.87. The van der Waals surface area contributed by atoms with E-state index < -0.39 is 16.1 Å². The summed E-state index contributed by atoms with van der Waals surface area (Å²) in [6.45, 7) is 4.93. The highest BCUT2D eigenvalue weighted by Crippen LogP contribution is 2.16. The fourth-order valence-corrected chi connectivity index (χ4v) is 4.28. The van der Waals surface area contributed by atoms with Gasteiger partial charge in [0.05, 0.1) is 0 Å². The molecule has 0 aromatic heterocycles. The Morgan fingerprint density at radius 1 is 1.00 bits per heavy atom. The van der Waals surface area contributed by atoms with Crippen LogP contribution in [0.1, 0.15) is 18.1 Å². The highest BCUT2D eigenvalue weighted by atomic mass is 32.2. The van der Waals surface area contributed by atoms with Crippen molar-refractivity contribution in [2.75, 3.05) is 26.2 Å². The fourth-order valence-electron chi connectivity index (χ4n) is 3.11. The average molecular weight is 415 g/mol. The zero-order valence-electron chi connectivity index (χ0n) is 16.7. The molecule has 2 aromatic rings. The molecule has 2 aromatic carbocycles. The van der Waals surface area contributed by atoms with Gasteiger partial charge in [-0.3, -0.25) is 4.79 Å². The van der Waals surface area contributed by atoms with E-state index in [2.05, 4.69) is 0 Å². The van der Waals surface area contributed by atoms with Crippen LogP contribution in [0.15, 0.2) is 60.0 Å². The molecule has 1 aliphatic heterocycles. The maximum Gasteiger partial charge on any atom is 0.263 e. The molecule has 1 atom stereocenters. The summed E-state index contributed by atoms with van der Waals surface area (Å²) in [5, 5.41) is 1.23. The fraction of sp³-hybridized carbons (Fsp3) is 0.318. The van der Waals surface area contributed by atoms with E-state index in [-0.39, 0.29) is 19.0 Å². The van der Waals surface area contributed by atoms with Crippen molar-refractivity contribution in [3.63, 3.8) is 0 Å². The third-order valence-corrected chi connectivity index (χ3v) is 6.39. The Labute approximate surface area is 172 Å². The Bertz CT molecular complexity index is 948. The highest BCUT2D eigenvalue weighted by Gasteiger charge is 2.30. The molecule has 0 saturated carbocycles. The summed E-state index contributed by atoms with van der Waals surface area (Å²) in [7, 11) is -3.52. The number of nitrogens with zero attached hydrogens (tertiary/aromatic N) is 2. The second kappa shape index (κ2) is 9.24. The molecule has 1 heterocycles. The van der Waals surface area contributed by atoms with Gasteiger partial charge < -0.3 is 9.64 Å². The average Bonchev–Trinajstić information content (AvgIpc) is 2.74. The molecule has 154 valence electrons. The number of carbonyl (C=O) groups is 1. The number of hydrogen-bond acceptors (Lipinski definition) is 4. The standard InChI is InChI=1S/C22H26N2O4S/c1-18-8-10-21(11-9-18)28-19(2)22(25)23-13-15-24(16-14-23)29(26,27)17-12-20-6-4-3-5-7-20/h3-12,17,19H,13-16H2,1-2H3.